The molecule has 1 aromatic carbocycles. The topological polar surface area (TPSA) is 103 Å². The number of likely N-dealkylation sites (N-methyl/N-ethyl adjacent to an activating group) is 1. The summed E-state index contributed by atoms with van der Waals surface area (Å²) < 4.78 is 5.28. The summed E-state index contributed by atoms with van der Waals surface area (Å²) in [5.74, 6) is -0.439. The Hall–Kier alpha value is -2.22. The lowest BCUT2D eigenvalue weighted by atomic mass is 9.89. The number of esters is 1. The Morgan fingerprint density at radius 3 is 2.50 bits per heavy atom. The number of halogens is 1. The van der Waals surface area contributed by atoms with Crippen molar-refractivity contribution in [2.75, 3.05) is 26.4 Å². The monoisotopic (exact) mass is 492 g/mol. The zero-order chi connectivity index (χ0) is 25.7. The molecule has 0 aliphatic heterocycles. The maximum atomic E-state index is 13.6. The molecule has 0 radical (unpaired) electrons. The molecule has 0 saturated heterocycles. The van der Waals surface area contributed by atoms with E-state index < -0.39 is 11.2 Å². The molecule has 0 spiro atoms. The second kappa shape index (κ2) is 11.0. The fourth-order valence-corrected chi connectivity index (χ4v) is 4.61. The number of aromatic nitrogens is 1. The van der Waals surface area contributed by atoms with Crippen LogP contribution in [-0.2, 0) is 9.53 Å². The predicted molar refractivity (Wildman–Crippen MR) is 137 cm³/mol. The first-order valence-electron chi connectivity index (χ1n) is 11.8. The SMILES string of the molecule is CCCC(O)(CCCCC(=O)OC(C)(C)C)C[N+](C)(C)C(=O)c1cc(Cl)c(N)c2cccnc12. The zero-order valence-corrected chi connectivity index (χ0v) is 22.0. The molecule has 2 aromatic rings. The Bertz CT molecular complexity index is 1030. The third-order valence-corrected chi connectivity index (χ3v) is 6.07. The van der Waals surface area contributed by atoms with Crippen LogP contribution in [0.2, 0.25) is 5.02 Å². The Balaban J connectivity index is 2.16. The van der Waals surface area contributed by atoms with E-state index in [1.54, 1.807) is 38.5 Å². The molecule has 34 heavy (non-hydrogen) atoms. The van der Waals surface area contributed by atoms with Crippen LogP contribution in [0.15, 0.2) is 24.4 Å². The first-order chi connectivity index (χ1) is 15.7. The molecule has 2 rings (SSSR count). The number of aliphatic hydroxyl groups is 1. The molecule has 8 heteroatoms. The van der Waals surface area contributed by atoms with Crippen LogP contribution in [-0.4, -0.2) is 58.3 Å². The zero-order valence-electron chi connectivity index (χ0n) is 21.3. The van der Waals surface area contributed by atoms with E-state index >= 15 is 0 Å². The van der Waals surface area contributed by atoms with Crippen LogP contribution in [0.3, 0.4) is 0 Å². The van der Waals surface area contributed by atoms with Crippen LogP contribution in [0.1, 0.15) is 76.6 Å². The van der Waals surface area contributed by atoms with Gasteiger partial charge in [-0.2, -0.15) is 0 Å². The van der Waals surface area contributed by atoms with E-state index in [1.165, 1.54) is 0 Å². The highest BCUT2D eigenvalue weighted by Crippen LogP contribution is 2.33. The molecule has 0 saturated carbocycles. The highest BCUT2D eigenvalue weighted by Gasteiger charge is 2.40. The van der Waals surface area contributed by atoms with Gasteiger partial charge in [0.1, 0.15) is 23.3 Å². The van der Waals surface area contributed by atoms with Crippen molar-refractivity contribution < 1.29 is 23.9 Å². The van der Waals surface area contributed by atoms with E-state index in [0.29, 0.717) is 59.3 Å². The molecular weight excluding hydrogens is 454 g/mol. The molecule has 0 aliphatic rings. The van der Waals surface area contributed by atoms with Gasteiger partial charge in [0.05, 0.1) is 30.3 Å². The summed E-state index contributed by atoms with van der Waals surface area (Å²) in [7, 11) is 3.56. The second-order valence-corrected chi connectivity index (χ2v) is 11.0. The quantitative estimate of drug-likeness (QED) is 0.206. The average Bonchev–Trinajstić information content (AvgIpc) is 2.72. The number of fused-ring (bicyclic) bond motifs is 1. The Labute approximate surface area is 207 Å². The van der Waals surface area contributed by atoms with Gasteiger partial charge in [-0.05, 0) is 64.7 Å². The number of quaternary nitrogens is 1. The molecule has 3 N–H and O–H groups in total. The van der Waals surface area contributed by atoms with Gasteiger partial charge in [0.25, 0.3) is 0 Å². The molecule has 1 heterocycles. The van der Waals surface area contributed by atoms with Crippen LogP contribution >= 0.6 is 11.6 Å². The van der Waals surface area contributed by atoms with Crippen LogP contribution in [0.5, 0.6) is 0 Å². The molecular formula is C26H39ClN3O4+. The van der Waals surface area contributed by atoms with Crippen molar-refractivity contribution in [2.45, 2.75) is 77.4 Å². The van der Waals surface area contributed by atoms with Gasteiger partial charge in [0.2, 0.25) is 0 Å². The van der Waals surface area contributed by atoms with Crippen molar-refractivity contribution in [1.82, 2.24) is 4.98 Å². The third kappa shape index (κ3) is 7.39. The van der Waals surface area contributed by atoms with Crippen molar-refractivity contribution in [3.8, 4) is 0 Å². The van der Waals surface area contributed by atoms with Gasteiger partial charge in [-0.25, -0.2) is 4.79 Å². The first-order valence-corrected chi connectivity index (χ1v) is 12.2. The van der Waals surface area contributed by atoms with Gasteiger partial charge >= 0.3 is 11.9 Å². The molecule has 1 unspecified atom stereocenters. The molecule has 1 atom stereocenters. The number of amides is 1. The summed E-state index contributed by atoms with van der Waals surface area (Å²) in [6.45, 7) is 7.76. The molecule has 0 aliphatic carbocycles. The highest BCUT2D eigenvalue weighted by molar-refractivity contribution is 6.35. The van der Waals surface area contributed by atoms with Crippen LogP contribution in [0, 0.1) is 0 Å². The van der Waals surface area contributed by atoms with Gasteiger partial charge in [-0.15, -0.1) is 0 Å². The Morgan fingerprint density at radius 2 is 1.88 bits per heavy atom. The number of unbranched alkanes of at least 4 members (excludes halogenated alkanes) is 1. The number of ether oxygens (including phenoxy) is 1. The standard InChI is InChI=1S/C26H38ClN3O4/c1-7-13-26(33,14-9-8-12-21(31)34-25(2,3)4)17-30(5,6)24(32)19-16-20(27)22(28)18-11-10-15-29-23(18)19/h10-11,15-16,33H,7-9,12-14,17H2,1-6H3,(H-,28,29,32)/p+1. The lowest BCUT2D eigenvalue weighted by Crippen LogP contribution is -2.55. The van der Waals surface area contributed by atoms with E-state index in [9.17, 15) is 14.7 Å². The largest absolute Gasteiger partial charge is 0.460 e. The number of nitrogens with zero attached hydrogens (tertiary/aromatic N) is 2. The predicted octanol–water partition coefficient (Wildman–Crippen LogP) is 5.12. The number of nitrogen functional groups attached to an aromatic ring is 1. The second-order valence-electron chi connectivity index (χ2n) is 10.6. The number of carbonyl (C=O) groups excluding carboxylic acids is 2. The van der Waals surface area contributed by atoms with Crippen molar-refractivity contribution in [1.29, 1.82) is 0 Å². The fourth-order valence-electron chi connectivity index (χ4n) is 4.40. The Kier molecular flexibility index (Phi) is 9.08. The number of anilines is 1. The van der Waals surface area contributed by atoms with Crippen LogP contribution < -0.4 is 5.73 Å². The normalized spacial score (nSPS) is 14.1. The van der Waals surface area contributed by atoms with Gasteiger partial charge in [-0.3, -0.25) is 14.3 Å². The molecule has 1 aromatic heterocycles. The lowest BCUT2D eigenvalue weighted by Gasteiger charge is -2.36. The lowest BCUT2D eigenvalue weighted by molar-refractivity contribution is -0.815. The van der Waals surface area contributed by atoms with Gasteiger partial charge in [-0.1, -0.05) is 24.9 Å². The van der Waals surface area contributed by atoms with Crippen molar-refractivity contribution in [3.05, 3.63) is 35.0 Å². The summed E-state index contributed by atoms with van der Waals surface area (Å²) in [5, 5.41) is 12.4. The highest BCUT2D eigenvalue weighted by atomic mass is 35.5. The summed E-state index contributed by atoms with van der Waals surface area (Å²) in [4.78, 5) is 30.0. The third-order valence-electron chi connectivity index (χ3n) is 5.76. The summed E-state index contributed by atoms with van der Waals surface area (Å²) in [6, 6.07) is 5.10. The van der Waals surface area contributed by atoms with Crippen LogP contribution in [0.25, 0.3) is 10.9 Å². The van der Waals surface area contributed by atoms with Crippen molar-refractivity contribution in [3.63, 3.8) is 0 Å². The molecule has 7 nitrogen and oxygen atoms in total. The maximum absolute atomic E-state index is 13.6. The Morgan fingerprint density at radius 1 is 1.21 bits per heavy atom. The molecule has 188 valence electrons. The number of hydrogen-bond acceptors (Lipinski definition) is 6. The number of hydrogen-bond donors (Lipinski definition) is 2. The van der Waals surface area contributed by atoms with E-state index in [0.717, 1.165) is 6.42 Å². The average molecular weight is 493 g/mol. The first kappa shape index (κ1) is 28.0. The molecule has 0 fully saturated rings. The number of rotatable bonds is 10. The maximum Gasteiger partial charge on any atom is 0.347 e. The molecule has 1 amide bonds. The fraction of sp³-hybridized carbons (Fsp3) is 0.577. The summed E-state index contributed by atoms with van der Waals surface area (Å²) in [6.07, 6.45) is 5.00. The summed E-state index contributed by atoms with van der Waals surface area (Å²) >= 11 is 6.32. The number of pyridine rings is 1. The number of carbonyl (C=O) groups is 2. The van der Waals surface area contributed by atoms with Crippen LogP contribution in [0.4, 0.5) is 5.69 Å². The minimum atomic E-state index is -1.05. The minimum Gasteiger partial charge on any atom is -0.460 e. The molecule has 0 bridgehead atoms. The van der Waals surface area contributed by atoms with E-state index in [-0.39, 0.29) is 22.9 Å². The van der Waals surface area contributed by atoms with E-state index in [1.807, 2.05) is 27.7 Å². The van der Waals surface area contributed by atoms with Crippen molar-refractivity contribution >= 4 is 40.1 Å². The van der Waals surface area contributed by atoms with Crippen molar-refractivity contribution in [2.24, 2.45) is 0 Å². The van der Waals surface area contributed by atoms with Gasteiger partial charge < -0.3 is 15.6 Å². The smallest absolute Gasteiger partial charge is 0.347 e. The van der Waals surface area contributed by atoms with E-state index in [2.05, 4.69) is 4.98 Å². The van der Waals surface area contributed by atoms with E-state index in [4.69, 9.17) is 22.1 Å². The summed E-state index contributed by atoms with van der Waals surface area (Å²) in [5.41, 5.74) is 5.80. The number of benzene rings is 1. The van der Waals surface area contributed by atoms with Gasteiger partial charge in [0.15, 0.2) is 0 Å². The van der Waals surface area contributed by atoms with Gasteiger partial charge in [0, 0.05) is 18.0 Å². The number of nitrogens with two attached hydrogens (primary N) is 1. The minimum absolute atomic E-state index is 0.0749.